The van der Waals surface area contributed by atoms with Crippen LogP contribution in [-0.2, 0) is 28.9 Å². The van der Waals surface area contributed by atoms with Crippen molar-refractivity contribution in [3.63, 3.8) is 0 Å². The molecule has 1 unspecified atom stereocenters. The summed E-state index contributed by atoms with van der Waals surface area (Å²) in [6, 6.07) is 12.9. The summed E-state index contributed by atoms with van der Waals surface area (Å²) in [6.45, 7) is 8.06. The van der Waals surface area contributed by atoms with Crippen LogP contribution < -0.4 is 10.2 Å². The number of nitrogens with one attached hydrogen (secondary N) is 1. The average Bonchev–Trinajstić information content (AvgIpc) is 2.83. The maximum absolute atomic E-state index is 15.1. The standard InChI is InChI=1S/C27H34FN3O4/c1-27(2,3)35-26(33)31-13-11-30(12-14-31)22-15-20-9-10-21(16-23(20)24(28)17-22)29-25(32)34-18-19-7-5-4-6-8-19/h4-8,15,17,21H,9-14,16,18H2,1-3H3,(H,29,32). The van der Waals surface area contributed by atoms with Crippen LogP contribution >= 0.6 is 0 Å². The average molecular weight is 484 g/mol. The lowest BCUT2D eigenvalue weighted by Crippen LogP contribution is -2.50. The van der Waals surface area contributed by atoms with E-state index in [0.717, 1.165) is 23.2 Å². The number of hydrogen-bond acceptors (Lipinski definition) is 5. The molecule has 0 radical (unpaired) electrons. The number of benzene rings is 2. The van der Waals surface area contributed by atoms with Crippen molar-refractivity contribution in [1.82, 2.24) is 10.2 Å². The molecule has 1 saturated heterocycles. The molecular weight excluding hydrogens is 449 g/mol. The first-order valence-corrected chi connectivity index (χ1v) is 12.2. The minimum atomic E-state index is -0.527. The molecule has 2 aromatic carbocycles. The molecule has 0 spiro atoms. The molecule has 8 heteroatoms. The van der Waals surface area contributed by atoms with E-state index in [9.17, 15) is 9.59 Å². The number of hydrogen-bond donors (Lipinski definition) is 1. The van der Waals surface area contributed by atoms with Crippen molar-refractivity contribution in [2.45, 2.75) is 58.3 Å². The first kappa shape index (κ1) is 24.8. The van der Waals surface area contributed by atoms with E-state index in [4.69, 9.17) is 9.47 Å². The maximum atomic E-state index is 15.1. The van der Waals surface area contributed by atoms with Crippen LogP contribution in [0.15, 0.2) is 42.5 Å². The van der Waals surface area contributed by atoms with Crippen molar-refractivity contribution in [1.29, 1.82) is 0 Å². The molecule has 2 aliphatic rings. The summed E-state index contributed by atoms with van der Waals surface area (Å²) < 4.78 is 25.9. The molecule has 1 atom stereocenters. The van der Waals surface area contributed by atoms with Crippen LogP contribution in [0.4, 0.5) is 19.7 Å². The van der Waals surface area contributed by atoms with Crippen LogP contribution in [0.5, 0.6) is 0 Å². The van der Waals surface area contributed by atoms with Crippen LogP contribution in [0, 0.1) is 5.82 Å². The van der Waals surface area contributed by atoms with Gasteiger partial charge in [-0.15, -0.1) is 0 Å². The zero-order valence-corrected chi connectivity index (χ0v) is 20.7. The van der Waals surface area contributed by atoms with Gasteiger partial charge in [0, 0.05) is 37.9 Å². The highest BCUT2D eigenvalue weighted by Crippen LogP contribution is 2.30. The van der Waals surface area contributed by atoms with Crippen molar-refractivity contribution in [3.8, 4) is 0 Å². The third-order valence-corrected chi connectivity index (χ3v) is 6.32. The third kappa shape index (κ3) is 6.65. The molecule has 2 amide bonds. The van der Waals surface area contributed by atoms with E-state index in [2.05, 4.69) is 10.2 Å². The van der Waals surface area contributed by atoms with E-state index >= 15 is 4.39 Å². The van der Waals surface area contributed by atoms with Crippen molar-refractivity contribution in [2.75, 3.05) is 31.1 Å². The third-order valence-electron chi connectivity index (χ3n) is 6.32. The number of anilines is 1. The number of halogens is 1. The predicted octanol–water partition coefficient (Wildman–Crippen LogP) is 4.67. The van der Waals surface area contributed by atoms with Crippen molar-refractivity contribution in [3.05, 3.63) is 65.0 Å². The van der Waals surface area contributed by atoms with E-state index in [0.29, 0.717) is 44.6 Å². The van der Waals surface area contributed by atoms with Crippen LogP contribution in [0.25, 0.3) is 0 Å². The largest absolute Gasteiger partial charge is 0.445 e. The number of nitrogens with zero attached hydrogens (tertiary/aromatic N) is 2. The molecule has 1 heterocycles. The number of ether oxygens (including phenoxy) is 2. The van der Waals surface area contributed by atoms with E-state index in [1.807, 2.05) is 57.2 Å². The van der Waals surface area contributed by atoms with Crippen LogP contribution in [0.3, 0.4) is 0 Å². The maximum Gasteiger partial charge on any atom is 0.410 e. The summed E-state index contributed by atoms with van der Waals surface area (Å²) in [6.07, 6.45) is 1.05. The fourth-order valence-corrected chi connectivity index (χ4v) is 4.52. The van der Waals surface area contributed by atoms with Gasteiger partial charge in [0.2, 0.25) is 0 Å². The van der Waals surface area contributed by atoms with E-state index in [-0.39, 0.29) is 24.6 Å². The molecule has 0 aromatic heterocycles. The Kier molecular flexibility index (Phi) is 7.48. The first-order valence-electron chi connectivity index (χ1n) is 12.2. The van der Waals surface area contributed by atoms with Gasteiger partial charge in [0.05, 0.1) is 0 Å². The Balaban J connectivity index is 1.31. The summed E-state index contributed by atoms with van der Waals surface area (Å²) in [5, 5.41) is 2.88. The molecule has 7 nitrogen and oxygen atoms in total. The van der Waals surface area contributed by atoms with Crippen molar-refractivity contribution < 1.29 is 23.5 Å². The molecule has 0 saturated carbocycles. The van der Waals surface area contributed by atoms with E-state index in [1.165, 1.54) is 0 Å². The van der Waals surface area contributed by atoms with Crippen LogP contribution in [-0.4, -0.2) is 54.9 Å². The minimum absolute atomic E-state index is 0.163. The minimum Gasteiger partial charge on any atom is -0.445 e. The number of carbonyl (C=O) groups is 2. The Labute approximate surface area is 206 Å². The van der Waals surface area contributed by atoms with Crippen LogP contribution in [0.1, 0.15) is 43.9 Å². The Hall–Kier alpha value is -3.29. The number of carbonyl (C=O) groups excluding carboxylic acids is 2. The topological polar surface area (TPSA) is 71.1 Å². The molecule has 35 heavy (non-hydrogen) atoms. The quantitative estimate of drug-likeness (QED) is 0.685. The summed E-state index contributed by atoms with van der Waals surface area (Å²) >= 11 is 0. The fourth-order valence-electron chi connectivity index (χ4n) is 4.52. The van der Waals surface area contributed by atoms with Gasteiger partial charge in [-0.1, -0.05) is 30.3 Å². The molecule has 188 valence electrons. The van der Waals surface area contributed by atoms with E-state index < -0.39 is 11.7 Å². The molecular formula is C27H34FN3O4. The smallest absolute Gasteiger partial charge is 0.410 e. The number of rotatable bonds is 4. The van der Waals surface area contributed by atoms with Crippen molar-refractivity contribution >= 4 is 17.9 Å². The van der Waals surface area contributed by atoms with Gasteiger partial charge in [-0.05, 0) is 68.9 Å². The predicted molar refractivity (Wildman–Crippen MR) is 132 cm³/mol. The Bertz CT molecular complexity index is 1050. The molecule has 1 aliphatic carbocycles. The second kappa shape index (κ2) is 10.5. The SMILES string of the molecule is CC(C)(C)OC(=O)N1CCN(c2cc(F)c3c(c2)CCC(NC(=O)OCc2ccccc2)C3)CC1. The molecule has 0 bridgehead atoms. The van der Waals surface area contributed by atoms with Gasteiger partial charge in [0.1, 0.15) is 18.0 Å². The number of amides is 2. The zero-order valence-electron chi connectivity index (χ0n) is 20.7. The van der Waals surface area contributed by atoms with Gasteiger partial charge >= 0.3 is 12.2 Å². The fraction of sp³-hybridized carbons (Fsp3) is 0.481. The van der Waals surface area contributed by atoms with E-state index in [1.54, 1.807) is 11.0 Å². The highest BCUT2D eigenvalue weighted by molar-refractivity contribution is 5.69. The Morgan fingerprint density at radius 2 is 1.80 bits per heavy atom. The molecule has 4 rings (SSSR count). The highest BCUT2D eigenvalue weighted by atomic mass is 19.1. The van der Waals surface area contributed by atoms with Crippen LogP contribution in [0.2, 0.25) is 0 Å². The second-order valence-corrected chi connectivity index (χ2v) is 10.2. The lowest BCUT2D eigenvalue weighted by atomic mass is 9.87. The molecule has 1 fully saturated rings. The number of aryl methyl sites for hydroxylation is 1. The van der Waals surface area contributed by atoms with Gasteiger partial charge in [0.25, 0.3) is 0 Å². The monoisotopic (exact) mass is 483 g/mol. The Morgan fingerprint density at radius 1 is 1.09 bits per heavy atom. The van der Waals surface area contributed by atoms with Gasteiger partial charge in [-0.25, -0.2) is 14.0 Å². The first-order chi connectivity index (χ1) is 16.7. The molecule has 1 N–H and O–H groups in total. The second-order valence-electron chi connectivity index (χ2n) is 10.2. The Morgan fingerprint density at radius 3 is 2.49 bits per heavy atom. The zero-order chi connectivity index (χ0) is 25.0. The molecule has 2 aromatic rings. The summed E-state index contributed by atoms with van der Waals surface area (Å²) in [4.78, 5) is 28.3. The highest BCUT2D eigenvalue weighted by Gasteiger charge is 2.28. The normalized spacial score (nSPS) is 18.0. The van der Waals surface area contributed by atoms with Gasteiger partial charge in [-0.2, -0.15) is 0 Å². The number of alkyl carbamates (subject to hydrolysis) is 1. The summed E-state index contributed by atoms with van der Waals surface area (Å²) in [5.41, 5.74) is 2.85. The molecule has 1 aliphatic heterocycles. The number of fused-ring (bicyclic) bond motifs is 1. The van der Waals surface area contributed by atoms with Crippen molar-refractivity contribution in [2.24, 2.45) is 0 Å². The lowest BCUT2D eigenvalue weighted by molar-refractivity contribution is 0.0240. The van der Waals surface area contributed by atoms with Gasteiger partial charge in [-0.3, -0.25) is 0 Å². The van der Waals surface area contributed by atoms with Gasteiger partial charge < -0.3 is 24.6 Å². The summed E-state index contributed by atoms with van der Waals surface area (Å²) in [5.74, 6) is -0.253. The summed E-state index contributed by atoms with van der Waals surface area (Å²) in [7, 11) is 0. The van der Waals surface area contributed by atoms with Gasteiger partial charge in [0.15, 0.2) is 0 Å². The lowest BCUT2D eigenvalue weighted by Gasteiger charge is -2.37. The number of piperazine rings is 1.